The summed E-state index contributed by atoms with van der Waals surface area (Å²) in [6.45, 7) is 5.64. The molecule has 3 unspecified atom stereocenters. The highest BCUT2D eigenvalue weighted by Crippen LogP contribution is 2.33. The van der Waals surface area contributed by atoms with Crippen molar-refractivity contribution in [3.63, 3.8) is 0 Å². The Labute approximate surface area is 126 Å². The first-order chi connectivity index (χ1) is 10.0. The largest absolute Gasteiger partial charge is 0.377 e. The Bertz CT molecular complexity index is 386. The van der Waals surface area contributed by atoms with E-state index in [1.54, 1.807) is 4.90 Å². The molecule has 21 heavy (non-hydrogen) atoms. The summed E-state index contributed by atoms with van der Waals surface area (Å²) in [5.41, 5.74) is 5.78. The first-order valence-corrected chi connectivity index (χ1v) is 7.93. The quantitative estimate of drug-likeness (QED) is 0.771. The summed E-state index contributed by atoms with van der Waals surface area (Å²) in [5.74, 6) is 0.187. The van der Waals surface area contributed by atoms with Gasteiger partial charge in [-0.2, -0.15) is 0 Å². The van der Waals surface area contributed by atoms with Gasteiger partial charge in [0, 0.05) is 18.5 Å². The van der Waals surface area contributed by atoms with E-state index < -0.39 is 6.04 Å². The van der Waals surface area contributed by atoms with E-state index in [1.165, 1.54) is 0 Å². The van der Waals surface area contributed by atoms with E-state index in [-0.39, 0.29) is 36.3 Å². The molecule has 0 aromatic carbocycles. The van der Waals surface area contributed by atoms with E-state index >= 15 is 0 Å². The Kier molecular flexibility index (Phi) is 5.58. The van der Waals surface area contributed by atoms with Gasteiger partial charge in [-0.25, -0.2) is 0 Å². The molecule has 0 spiro atoms. The molecule has 2 fully saturated rings. The molecule has 2 amide bonds. The van der Waals surface area contributed by atoms with Crippen molar-refractivity contribution in [2.75, 3.05) is 26.3 Å². The summed E-state index contributed by atoms with van der Waals surface area (Å²) in [6.07, 6.45) is 2.95. The molecule has 1 aliphatic carbocycles. The Morgan fingerprint density at radius 1 is 1.38 bits per heavy atom. The van der Waals surface area contributed by atoms with E-state index in [4.69, 9.17) is 10.5 Å². The lowest BCUT2D eigenvalue weighted by Gasteiger charge is -2.37. The van der Waals surface area contributed by atoms with Crippen LogP contribution in [-0.4, -0.2) is 55.1 Å². The minimum Gasteiger partial charge on any atom is -0.377 e. The van der Waals surface area contributed by atoms with Crippen molar-refractivity contribution < 1.29 is 14.3 Å². The number of hydrogen-bond donors (Lipinski definition) is 2. The summed E-state index contributed by atoms with van der Waals surface area (Å²) < 4.78 is 5.40. The van der Waals surface area contributed by atoms with Crippen LogP contribution in [0.1, 0.15) is 33.1 Å². The normalized spacial score (nSPS) is 29.7. The number of carbonyl (C=O) groups excluding carboxylic acids is 2. The van der Waals surface area contributed by atoms with Crippen molar-refractivity contribution in [1.82, 2.24) is 10.2 Å². The van der Waals surface area contributed by atoms with Gasteiger partial charge in [0.15, 0.2) is 0 Å². The van der Waals surface area contributed by atoms with Gasteiger partial charge in [0.25, 0.3) is 0 Å². The highest BCUT2D eigenvalue weighted by atomic mass is 16.5. The first kappa shape index (κ1) is 16.2. The van der Waals surface area contributed by atoms with E-state index in [9.17, 15) is 9.59 Å². The van der Waals surface area contributed by atoms with Crippen LogP contribution < -0.4 is 11.1 Å². The van der Waals surface area contributed by atoms with E-state index in [2.05, 4.69) is 5.32 Å². The zero-order chi connectivity index (χ0) is 15.4. The van der Waals surface area contributed by atoms with Crippen molar-refractivity contribution in [3.05, 3.63) is 0 Å². The second-order valence-electron chi connectivity index (χ2n) is 6.32. The zero-order valence-electron chi connectivity index (χ0n) is 13.0. The van der Waals surface area contributed by atoms with Crippen LogP contribution in [0.5, 0.6) is 0 Å². The molecule has 1 aliphatic heterocycles. The van der Waals surface area contributed by atoms with Crippen LogP contribution in [0, 0.1) is 11.8 Å². The van der Waals surface area contributed by atoms with Crippen molar-refractivity contribution >= 4 is 11.8 Å². The average Bonchev–Trinajstić information content (AvgIpc) is 2.94. The fraction of sp³-hybridized carbons (Fsp3) is 0.867. The molecule has 2 rings (SSSR count). The third-order valence-electron chi connectivity index (χ3n) is 4.42. The van der Waals surface area contributed by atoms with Gasteiger partial charge in [-0.15, -0.1) is 0 Å². The molecule has 0 aromatic heterocycles. The van der Waals surface area contributed by atoms with E-state index in [0.717, 1.165) is 19.3 Å². The highest BCUT2D eigenvalue weighted by molar-refractivity contribution is 5.89. The van der Waals surface area contributed by atoms with Gasteiger partial charge in [0.05, 0.1) is 13.2 Å². The molecule has 0 radical (unpaired) electrons. The smallest absolute Gasteiger partial charge is 0.245 e. The molecule has 6 nitrogen and oxygen atoms in total. The third kappa shape index (κ3) is 3.74. The van der Waals surface area contributed by atoms with Crippen molar-refractivity contribution in [2.24, 2.45) is 17.6 Å². The lowest BCUT2D eigenvalue weighted by atomic mass is 9.94. The molecule has 1 heterocycles. The van der Waals surface area contributed by atoms with Gasteiger partial charge in [-0.3, -0.25) is 9.59 Å². The van der Waals surface area contributed by atoms with E-state index in [1.807, 2.05) is 13.8 Å². The number of ether oxygens (including phenoxy) is 1. The Morgan fingerprint density at radius 2 is 2.14 bits per heavy atom. The zero-order valence-corrected chi connectivity index (χ0v) is 13.0. The number of carbonyl (C=O) groups is 2. The van der Waals surface area contributed by atoms with Crippen LogP contribution in [0.15, 0.2) is 0 Å². The van der Waals surface area contributed by atoms with Crippen LogP contribution in [0.25, 0.3) is 0 Å². The Morgan fingerprint density at radius 3 is 2.81 bits per heavy atom. The van der Waals surface area contributed by atoms with Gasteiger partial charge in [0.2, 0.25) is 11.8 Å². The molecule has 120 valence electrons. The molecular formula is C15H27N3O3. The number of hydrogen-bond acceptors (Lipinski definition) is 4. The molecule has 0 aromatic rings. The maximum Gasteiger partial charge on any atom is 0.245 e. The third-order valence-corrected chi connectivity index (χ3v) is 4.42. The maximum absolute atomic E-state index is 12.8. The number of nitrogens with two attached hydrogens (primary N) is 1. The first-order valence-electron chi connectivity index (χ1n) is 7.93. The van der Waals surface area contributed by atoms with E-state index in [0.29, 0.717) is 19.7 Å². The summed E-state index contributed by atoms with van der Waals surface area (Å²) in [7, 11) is 0. The summed E-state index contributed by atoms with van der Waals surface area (Å²) >= 11 is 0. The molecule has 1 saturated heterocycles. The summed E-state index contributed by atoms with van der Waals surface area (Å²) in [5, 5.41) is 2.88. The Balaban J connectivity index is 2.07. The van der Waals surface area contributed by atoms with Gasteiger partial charge >= 0.3 is 0 Å². The molecular weight excluding hydrogens is 270 g/mol. The van der Waals surface area contributed by atoms with Crippen LogP contribution >= 0.6 is 0 Å². The van der Waals surface area contributed by atoms with Gasteiger partial charge < -0.3 is 20.7 Å². The highest BCUT2D eigenvalue weighted by Gasteiger charge is 2.40. The van der Waals surface area contributed by atoms with Crippen LogP contribution in [0.2, 0.25) is 0 Å². The minimum absolute atomic E-state index is 0.0255. The van der Waals surface area contributed by atoms with Crippen molar-refractivity contribution in [3.8, 4) is 0 Å². The number of morpholine rings is 1. The van der Waals surface area contributed by atoms with Gasteiger partial charge in [-0.05, 0) is 39.2 Å². The summed E-state index contributed by atoms with van der Waals surface area (Å²) in [6, 6.07) is -0.452. The maximum atomic E-state index is 12.8. The molecule has 1 saturated carbocycles. The SMILES string of the molecule is CC(C)NC(=O)C1COCCN1C(=O)C1CCCC1CN. The van der Waals surface area contributed by atoms with Crippen molar-refractivity contribution in [2.45, 2.75) is 45.2 Å². The second-order valence-corrected chi connectivity index (χ2v) is 6.32. The topological polar surface area (TPSA) is 84.7 Å². The average molecular weight is 297 g/mol. The number of amides is 2. The fourth-order valence-electron chi connectivity index (χ4n) is 3.32. The van der Waals surface area contributed by atoms with Crippen LogP contribution in [0.3, 0.4) is 0 Å². The van der Waals surface area contributed by atoms with Crippen LogP contribution in [-0.2, 0) is 14.3 Å². The lowest BCUT2D eigenvalue weighted by Crippen LogP contribution is -2.58. The summed E-state index contributed by atoms with van der Waals surface area (Å²) in [4.78, 5) is 26.8. The lowest BCUT2D eigenvalue weighted by molar-refractivity contribution is -0.152. The van der Waals surface area contributed by atoms with Crippen molar-refractivity contribution in [1.29, 1.82) is 0 Å². The predicted molar refractivity (Wildman–Crippen MR) is 79.5 cm³/mol. The van der Waals surface area contributed by atoms with Gasteiger partial charge in [-0.1, -0.05) is 6.42 Å². The minimum atomic E-state index is -0.507. The number of nitrogens with one attached hydrogen (secondary N) is 1. The Hall–Kier alpha value is -1.14. The molecule has 3 N–H and O–H groups in total. The molecule has 2 aliphatic rings. The molecule has 0 bridgehead atoms. The fourth-order valence-corrected chi connectivity index (χ4v) is 3.32. The second kappa shape index (κ2) is 7.22. The number of nitrogens with zero attached hydrogens (tertiary/aromatic N) is 1. The van der Waals surface area contributed by atoms with Crippen LogP contribution in [0.4, 0.5) is 0 Å². The number of rotatable bonds is 4. The predicted octanol–water partition coefficient (Wildman–Crippen LogP) is 0.113. The van der Waals surface area contributed by atoms with Gasteiger partial charge in [0.1, 0.15) is 6.04 Å². The monoisotopic (exact) mass is 297 g/mol. The molecule has 3 atom stereocenters. The molecule has 6 heteroatoms. The standard InChI is InChI=1S/C15H27N3O3/c1-10(2)17-14(19)13-9-21-7-6-18(13)15(20)12-5-3-4-11(12)8-16/h10-13H,3-9,16H2,1-2H3,(H,17,19).